The number of hydrogen-bond acceptors (Lipinski definition) is 3. The molecule has 114 valence electrons. The van der Waals surface area contributed by atoms with Crippen LogP contribution in [0.2, 0.25) is 0 Å². The van der Waals surface area contributed by atoms with Gasteiger partial charge in [-0.3, -0.25) is 9.59 Å². The number of rotatable bonds is 1. The monoisotopic (exact) mass is 289 g/mol. The third-order valence-electron chi connectivity index (χ3n) is 3.94. The van der Waals surface area contributed by atoms with Gasteiger partial charge < -0.3 is 9.64 Å². The van der Waals surface area contributed by atoms with Crippen molar-refractivity contribution in [2.24, 2.45) is 5.41 Å². The molecule has 1 aromatic carbocycles. The number of anilines is 1. The van der Waals surface area contributed by atoms with Crippen LogP contribution in [0.4, 0.5) is 5.69 Å². The summed E-state index contributed by atoms with van der Waals surface area (Å²) in [5.74, 6) is -0.465. The van der Waals surface area contributed by atoms with Gasteiger partial charge in [-0.05, 0) is 25.0 Å². The second kappa shape index (κ2) is 5.51. The summed E-state index contributed by atoms with van der Waals surface area (Å²) in [6.45, 7) is 7.72. The second-order valence-electron chi connectivity index (χ2n) is 6.64. The lowest BCUT2D eigenvalue weighted by Gasteiger charge is -2.41. The number of benzene rings is 1. The van der Waals surface area contributed by atoms with E-state index in [2.05, 4.69) is 0 Å². The van der Waals surface area contributed by atoms with Crippen molar-refractivity contribution in [2.45, 2.75) is 46.1 Å². The van der Waals surface area contributed by atoms with Gasteiger partial charge in [0, 0.05) is 17.1 Å². The SMILES string of the molecule is COC(=O)C1CC(C)N(C(=O)C(C)(C)C)c2ccccc21. The maximum absolute atomic E-state index is 12.7. The Kier molecular flexibility index (Phi) is 4.08. The zero-order valence-electron chi connectivity index (χ0n) is 13.3. The van der Waals surface area contributed by atoms with Crippen LogP contribution < -0.4 is 4.90 Å². The van der Waals surface area contributed by atoms with E-state index in [1.54, 1.807) is 0 Å². The zero-order valence-corrected chi connectivity index (χ0v) is 13.3. The molecular weight excluding hydrogens is 266 g/mol. The third kappa shape index (κ3) is 2.80. The molecule has 0 spiro atoms. The van der Waals surface area contributed by atoms with Crippen LogP contribution in [0.15, 0.2) is 24.3 Å². The van der Waals surface area contributed by atoms with E-state index in [9.17, 15) is 9.59 Å². The van der Waals surface area contributed by atoms with Crippen LogP contribution in [0, 0.1) is 5.41 Å². The molecule has 0 N–H and O–H groups in total. The van der Waals surface area contributed by atoms with Gasteiger partial charge in [-0.25, -0.2) is 0 Å². The topological polar surface area (TPSA) is 46.6 Å². The Morgan fingerprint density at radius 1 is 1.24 bits per heavy atom. The average Bonchev–Trinajstić information content (AvgIpc) is 2.44. The first-order valence-corrected chi connectivity index (χ1v) is 7.27. The van der Waals surface area contributed by atoms with E-state index >= 15 is 0 Å². The first-order valence-electron chi connectivity index (χ1n) is 7.27. The molecule has 21 heavy (non-hydrogen) atoms. The van der Waals surface area contributed by atoms with Gasteiger partial charge in [-0.1, -0.05) is 39.0 Å². The molecule has 0 fully saturated rings. The molecule has 1 aliphatic heterocycles. The fourth-order valence-electron chi connectivity index (χ4n) is 2.85. The minimum absolute atomic E-state index is 0.0317. The van der Waals surface area contributed by atoms with Crippen molar-refractivity contribution in [1.82, 2.24) is 0 Å². The van der Waals surface area contributed by atoms with E-state index in [0.29, 0.717) is 6.42 Å². The predicted octanol–water partition coefficient (Wildman–Crippen LogP) is 3.11. The van der Waals surface area contributed by atoms with Gasteiger partial charge in [-0.15, -0.1) is 0 Å². The molecular formula is C17H23NO3. The number of ether oxygens (including phenoxy) is 1. The van der Waals surface area contributed by atoms with Crippen molar-refractivity contribution >= 4 is 17.6 Å². The highest BCUT2D eigenvalue weighted by molar-refractivity contribution is 6.00. The highest BCUT2D eigenvalue weighted by atomic mass is 16.5. The molecule has 4 heteroatoms. The predicted molar refractivity (Wildman–Crippen MR) is 82.2 cm³/mol. The number of fused-ring (bicyclic) bond motifs is 1. The zero-order chi connectivity index (χ0) is 15.8. The Balaban J connectivity index is 2.51. The molecule has 2 unspecified atom stereocenters. The fraction of sp³-hybridized carbons (Fsp3) is 0.529. The van der Waals surface area contributed by atoms with E-state index in [4.69, 9.17) is 4.74 Å². The summed E-state index contributed by atoms with van der Waals surface area (Å²) in [6.07, 6.45) is 0.589. The number of para-hydroxylation sites is 1. The summed E-state index contributed by atoms with van der Waals surface area (Å²) < 4.78 is 4.92. The quantitative estimate of drug-likeness (QED) is 0.746. The third-order valence-corrected chi connectivity index (χ3v) is 3.94. The van der Waals surface area contributed by atoms with Crippen LogP contribution in [-0.4, -0.2) is 25.0 Å². The number of methoxy groups -OCH3 is 1. The Morgan fingerprint density at radius 3 is 2.43 bits per heavy atom. The number of esters is 1. The molecule has 0 radical (unpaired) electrons. The van der Waals surface area contributed by atoms with Gasteiger partial charge in [0.2, 0.25) is 5.91 Å². The van der Waals surface area contributed by atoms with Gasteiger partial charge in [0.05, 0.1) is 13.0 Å². The summed E-state index contributed by atoms with van der Waals surface area (Å²) in [4.78, 5) is 26.6. The largest absolute Gasteiger partial charge is 0.469 e. The summed E-state index contributed by atoms with van der Waals surface area (Å²) in [7, 11) is 1.41. The molecule has 0 saturated carbocycles. The number of nitrogens with zero attached hydrogens (tertiary/aromatic N) is 1. The number of hydrogen-bond donors (Lipinski definition) is 0. The highest BCUT2D eigenvalue weighted by Crippen LogP contribution is 2.40. The molecule has 0 aliphatic carbocycles. The summed E-state index contributed by atoms with van der Waals surface area (Å²) in [5, 5.41) is 0. The number of amides is 1. The first-order chi connectivity index (χ1) is 9.77. The molecule has 1 aliphatic rings. The van der Waals surface area contributed by atoms with E-state index in [1.165, 1.54) is 7.11 Å². The van der Waals surface area contributed by atoms with E-state index < -0.39 is 5.41 Å². The minimum Gasteiger partial charge on any atom is -0.469 e. The standard InChI is InChI=1S/C17H23NO3/c1-11-10-13(15(19)21-5)12-8-6-7-9-14(12)18(11)16(20)17(2,3)4/h6-9,11,13H,10H2,1-5H3. The number of carbonyl (C=O) groups excluding carboxylic acids is 2. The normalized spacial score (nSPS) is 21.7. The van der Waals surface area contributed by atoms with E-state index in [1.807, 2.05) is 56.9 Å². The lowest BCUT2D eigenvalue weighted by molar-refractivity contribution is -0.143. The summed E-state index contributed by atoms with van der Waals surface area (Å²) in [6, 6.07) is 7.57. The Labute approximate surface area is 126 Å². The van der Waals surface area contributed by atoms with Crippen molar-refractivity contribution in [1.29, 1.82) is 0 Å². The van der Waals surface area contributed by atoms with Gasteiger partial charge in [0.15, 0.2) is 0 Å². The lowest BCUT2D eigenvalue weighted by atomic mass is 9.84. The minimum atomic E-state index is -0.459. The molecule has 0 saturated heterocycles. The van der Waals surface area contributed by atoms with Crippen molar-refractivity contribution < 1.29 is 14.3 Å². The first kappa shape index (κ1) is 15.5. The molecule has 1 aromatic rings. The van der Waals surface area contributed by atoms with Gasteiger partial charge in [-0.2, -0.15) is 0 Å². The van der Waals surface area contributed by atoms with Crippen LogP contribution in [0.1, 0.15) is 45.6 Å². The number of carbonyl (C=O) groups is 2. The van der Waals surface area contributed by atoms with Crippen LogP contribution >= 0.6 is 0 Å². The second-order valence-corrected chi connectivity index (χ2v) is 6.64. The van der Waals surface area contributed by atoms with E-state index in [-0.39, 0.29) is 23.8 Å². The van der Waals surface area contributed by atoms with Crippen molar-refractivity contribution in [2.75, 3.05) is 12.0 Å². The van der Waals surface area contributed by atoms with Crippen molar-refractivity contribution in [3.8, 4) is 0 Å². The molecule has 2 rings (SSSR count). The van der Waals surface area contributed by atoms with E-state index in [0.717, 1.165) is 11.3 Å². The molecule has 1 amide bonds. The van der Waals surface area contributed by atoms with Gasteiger partial charge >= 0.3 is 5.97 Å². The molecule has 0 bridgehead atoms. The van der Waals surface area contributed by atoms with Crippen molar-refractivity contribution in [3.05, 3.63) is 29.8 Å². The lowest BCUT2D eigenvalue weighted by Crippen LogP contribution is -2.48. The molecule has 1 heterocycles. The molecule has 2 atom stereocenters. The Morgan fingerprint density at radius 2 is 1.86 bits per heavy atom. The Bertz CT molecular complexity index is 559. The fourth-order valence-corrected chi connectivity index (χ4v) is 2.85. The molecule has 0 aromatic heterocycles. The maximum atomic E-state index is 12.7. The average molecular weight is 289 g/mol. The van der Waals surface area contributed by atoms with Crippen LogP contribution in [0.25, 0.3) is 0 Å². The molecule has 4 nitrogen and oxygen atoms in total. The smallest absolute Gasteiger partial charge is 0.313 e. The van der Waals surface area contributed by atoms with Crippen LogP contribution in [-0.2, 0) is 14.3 Å². The summed E-state index contributed by atoms with van der Waals surface area (Å²) >= 11 is 0. The maximum Gasteiger partial charge on any atom is 0.313 e. The summed E-state index contributed by atoms with van der Waals surface area (Å²) in [5.41, 5.74) is 1.24. The van der Waals surface area contributed by atoms with Crippen molar-refractivity contribution in [3.63, 3.8) is 0 Å². The van der Waals surface area contributed by atoms with Gasteiger partial charge in [0.1, 0.15) is 0 Å². The highest BCUT2D eigenvalue weighted by Gasteiger charge is 2.40. The van der Waals surface area contributed by atoms with Gasteiger partial charge in [0.25, 0.3) is 0 Å². The Hall–Kier alpha value is -1.84. The van der Waals surface area contributed by atoms with Crippen LogP contribution in [0.3, 0.4) is 0 Å². The van der Waals surface area contributed by atoms with Crippen LogP contribution in [0.5, 0.6) is 0 Å².